The van der Waals surface area contributed by atoms with Crippen LogP contribution in [0, 0.1) is 18.7 Å². The molecule has 3 aromatic heterocycles. The molecule has 5 aromatic rings. The number of halogens is 2. The first-order chi connectivity index (χ1) is 18.8. The van der Waals surface area contributed by atoms with Crippen LogP contribution in [0.3, 0.4) is 0 Å². The van der Waals surface area contributed by atoms with E-state index in [-0.39, 0.29) is 47.8 Å². The summed E-state index contributed by atoms with van der Waals surface area (Å²) in [6.07, 6.45) is 1.71. The number of nitrogens with two attached hydrogens (primary N) is 1. The van der Waals surface area contributed by atoms with Gasteiger partial charge < -0.3 is 19.5 Å². The zero-order valence-corrected chi connectivity index (χ0v) is 22.0. The molecule has 2 N–H and O–H groups in total. The second-order valence-electron chi connectivity index (χ2n) is 9.92. The maximum atomic E-state index is 14.2. The molecule has 0 spiro atoms. The molecule has 10 heteroatoms. The van der Waals surface area contributed by atoms with E-state index < -0.39 is 17.4 Å². The van der Waals surface area contributed by atoms with Crippen LogP contribution in [-0.4, -0.2) is 33.4 Å². The van der Waals surface area contributed by atoms with E-state index in [1.807, 2.05) is 19.1 Å². The summed E-state index contributed by atoms with van der Waals surface area (Å²) >= 11 is 6.01. The molecule has 0 unspecified atom stereocenters. The summed E-state index contributed by atoms with van der Waals surface area (Å²) in [5, 5.41) is 0.576. The molecule has 6 rings (SSSR count). The highest BCUT2D eigenvalue weighted by Crippen LogP contribution is 2.45. The van der Waals surface area contributed by atoms with Gasteiger partial charge in [-0.1, -0.05) is 17.7 Å². The highest BCUT2D eigenvalue weighted by Gasteiger charge is 2.42. The zero-order valence-electron chi connectivity index (χ0n) is 21.2. The van der Waals surface area contributed by atoms with Crippen molar-refractivity contribution in [3.63, 3.8) is 0 Å². The highest BCUT2D eigenvalue weighted by atomic mass is 35.5. The second kappa shape index (κ2) is 9.98. The van der Waals surface area contributed by atoms with Crippen LogP contribution >= 0.6 is 11.6 Å². The molecular formula is C29H26ClFN4O4. The maximum Gasteiger partial charge on any atom is 0.297 e. The number of hydrogen-bond acceptors (Lipinski definition) is 6. The molecule has 0 radical (unpaired) electrons. The van der Waals surface area contributed by atoms with Crippen LogP contribution in [0.15, 0.2) is 68.2 Å². The van der Waals surface area contributed by atoms with E-state index in [0.717, 1.165) is 18.4 Å². The third-order valence-electron chi connectivity index (χ3n) is 7.11. The van der Waals surface area contributed by atoms with Gasteiger partial charge >= 0.3 is 0 Å². The van der Waals surface area contributed by atoms with E-state index in [2.05, 4.69) is 0 Å². The summed E-state index contributed by atoms with van der Waals surface area (Å²) in [7, 11) is 0. The standard InChI is InChI=1S/C29H26ClFN4O4/c1-16-2-4-18(5-3-16)28(36)34(13-12-32)25(17-6-7-17)27-33-24-21-14-19(31)8-10-22(21)39-26(24)29(37)35(27)15-20-9-11-23(30)38-20/h2-5,8-11,14,17,25H,6-7,12-13,15,32H2,1H3/t25-/m1/s1. The normalized spacial score (nSPS) is 14.3. The predicted octanol–water partition coefficient (Wildman–Crippen LogP) is 5.44. The molecule has 8 nitrogen and oxygen atoms in total. The van der Waals surface area contributed by atoms with Crippen LogP contribution in [0.4, 0.5) is 4.39 Å². The van der Waals surface area contributed by atoms with Crippen LogP contribution in [0.1, 0.15) is 46.4 Å². The summed E-state index contributed by atoms with van der Waals surface area (Å²) in [6.45, 7) is 2.46. The topological polar surface area (TPSA) is 108 Å². The number of amides is 1. The minimum atomic E-state index is -0.552. The van der Waals surface area contributed by atoms with Gasteiger partial charge in [-0.25, -0.2) is 9.37 Å². The summed E-state index contributed by atoms with van der Waals surface area (Å²) in [5.41, 5.74) is 7.69. The first-order valence-corrected chi connectivity index (χ1v) is 13.2. The molecule has 1 saturated carbocycles. The van der Waals surface area contributed by atoms with Crippen LogP contribution in [0.2, 0.25) is 5.22 Å². The quantitative estimate of drug-likeness (QED) is 0.277. The fourth-order valence-electron chi connectivity index (χ4n) is 5.07. The summed E-state index contributed by atoms with van der Waals surface area (Å²) in [5.74, 6) is 0.194. The Bertz CT molecular complexity index is 1750. The predicted molar refractivity (Wildman–Crippen MR) is 145 cm³/mol. The number of fused-ring (bicyclic) bond motifs is 3. The summed E-state index contributed by atoms with van der Waals surface area (Å²) < 4.78 is 27.1. The number of furan rings is 2. The van der Waals surface area contributed by atoms with E-state index >= 15 is 0 Å². The number of benzene rings is 2. The Balaban J connectivity index is 1.58. The zero-order chi connectivity index (χ0) is 27.3. The second-order valence-corrected chi connectivity index (χ2v) is 10.3. The van der Waals surface area contributed by atoms with Crippen LogP contribution in [0.25, 0.3) is 22.1 Å². The molecular weight excluding hydrogens is 523 g/mol. The lowest BCUT2D eigenvalue weighted by Gasteiger charge is -2.32. The minimum absolute atomic E-state index is 0.00165. The molecule has 0 bridgehead atoms. The lowest BCUT2D eigenvalue weighted by atomic mass is 10.1. The molecule has 1 atom stereocenters. The van der Waals surface area contributed by atoms with Crippen molar-refractivity contribution in [3.05, 3.63) is 98.7 Å². The third-order valence-corrected chi connectivity index (χ3v) is 7.31. The number of carbonyl (C=O) groups excluding carboxylic acids is 1. The molecule has 1 aliphatic carbocycles. The molecule has 1 aliphatic rings. The number of carbonyl (C=O) groups is 1. The van der Waals surface area contributed by atoms with Crippen molar-refractivity contribution in [1.82, 2.24) is 14.5 Å². The summed E-state index contributed by atoms with van der Waals surface area (Å²) in [6, 6.07) is 14.1. The molecule has 200 valence electrons. The molecule has 0 aliphatic heterocycles. The fourth-order valence-corrected chi connectivity index (χ4v) is 5.23. The lowest BCUT2D eigenvalue weighted by Crippen LogP contribution is -2.42. The molecule has 1 fully saturated rings. The molecule has 0 saturated heterocycles. The first-order valence-electron chi connectivity index (χ1n) is 12.8. The van der Waals surface area contributed by atoms with Gasteiger partial charge in [0.2, 0.25) is 5.58 Å². The van der Waals surface area contributed by atoms with Gasteiger partial charge in [-0.15, -0.1) is 0 Å². The van der Waals surface area contributed by atoms with Gasteiger partial charge in [0, 0.05) is 24.0 Å². The molecule has 1 amide bonds. The van der Waals surface area contributed by atoms with Crippen molar-refractivity contribution in [3.8, 4) is 0 Å². The van der Waals surface area contributed by atoms with Crippen molar-refractivity contribution >= 4 is 39.6 Å². The third kappa shape index (κ3) is 4.72. The molecule has 2 aromatic carbocycles. The minimum Gasteiger partial charge on any atom is -0.448 e. The van der Waals surface area contributed by atoms with Gasteiger partial charge in [0.15, 0.2) is 5.22 Å². The van der Waals surface area contributed by atoms with Crippen LogP contribution in [-0.2, 0) is 6.54 Å². The smallest absolute Gasteiger partial charge is 0.297 e. The number of nitrogens with zero attached hydrogens (tertiary/aromatic N) is 3. The Morgan fingerprint density at radius 2 is 1.95 bits per heavy atom. The van der Waals surface area contributed by atoms with Gasteiger partial charge in [-0.2, -0.15) is 0 Å². The van der Waals surface area contributed by atoms with Crippen LogP contribution < -0.4 is 11.3 Å². The Morgan fingerprint density at radius 1 is 1.18 bits per heavy atom. The van der Waals surface area contributed by atoms with E-state index in [9.17, 15) is 14.0 Å². The number of rotatable bonds is 8. The number of hydrogen-bond donors (Lipinski definition) is 1. The van der Waals surface area contributed by atoms with Crippen molar-refractivity contribution in [1.29, 1.82) is 0 Å². The van der Waals surface area contributed by atoms with Crippen molar-refractivity contribution < 1.29 is 18.0 Å². The Hall–Kier alpha value is -3.95. The van der Waals surface area contributed by atoms with Crippen LogP contribution in [0.5, 0.6) is 0 Å². The Morgan fingerprint density at radius 3 is 2.62 bits per heavy atom. The van der Waals surface area contributed by atoms with Gasteiger partial charge in [0.05, 0.1) is 12.6 Å². The average Bonchev–Trinajstić information content (AvgIpc) is 3.57. The van der Waals surface area contributed by atoms with E-state index in [0.29, 0.717) is 28.1 Å². The Kier molecular flexibility index (Phi) is 6.48. The van der Waals surface area contributed by atoms with Crippen molar-refractivity contribution in [2.24, 2.45) is 11.7 Å². The van der Waals surface area contributed by atoms with Crippen molar-refractivity contribution in [2.75, 3.05) is 13.1 Å². The largest absolute Gasteiger partial charge is 0.448 e. The van der Waals surface area contributed by atoms with E-state index in [4.69, 9.17) is 31.2 Å². The molecule has 39 heavy (non-hydrogen) atoms. The van der Waals surface area contributed by atoms with E-state index in [1.165, 1.54) is 22.8 Å². The monoisotopic (exact) mass is 548 g/mol. The SMILES string of the molecule is Cc1ccc(C(=O)N(CCN)[C@@H](c2nc3c(oc4ccc(F)cc43)c(=O)n2Cc2ccc(Cl)o2)C2CC2)cc1. The maximum absolute atomic E-state index is 14.2. The Labute approximate surface area is 227 Å². The van der Waals surface area contributed by atoms with E-state index in [1.54, 1.807) is 29.2 Å². The van der Waals surface area contributed by atoms with Gasteiger partial charge in [-0.05, 0) is 79.7 Å². The first kappa shape index (κ1) is 25.3. The van der Waals surface area contributed by atoms with Crippen molar-refractivity contribution in [2.45, 2.75) is 32.4 Å². The number of aromatic nitrogens is 2. The van der Waals surface area contributed by atoms with Gasteiger partial charge in [0.25, 0.3) is 11.5 Å². The average molecular weight is 549 g/mol. The molecule has 3 heterocycles. The lowest BCUT2D eigenvalue weighted by molar-refractivity contribution is 0.0643. The van der Waals surface area contributed by atoms with Gasteiger partial charge in [-0.3, -0.25) is 14.2 Å². The summed E-state index contributed by atoms with van der Waals surface area (Å²) in [4.78, 5) is 34.4. The van der Waals surface area contributed by atoms with Gasteiger partial charge in [0.1, 0.15) is 28.5 Å². The fraction of sp³-hybridized carbons (Fsp3) is 0.276. The highest BCUT2D eigenvalue weighted by molar-refractivity contribution is 6.28. The number of aryl methyl sites for hydroxylation is 1.